The van der Waals surface area contributed by atoms with Crippen LogP contribution in [0.1, 0.15) is 11.6 Å². The summed E-state index contributed by atoms with van der Waals surface area (Å²) in [4.78, 5) is 14.8. The number of sulfonamides is 1. The van der Waals surface area contributed by atoms with Crippen LogP contribution in [-0.2, 0) is 10.0 Å². The summed E-state index contributed by atoms with van der Waals surface area (Å²) in [6.07, 6.45) is 0. The number of benzene rings is 3. The Kier molecular flexibility index (Phi) is 5.90. The maximum Gasteiger partial charge on any atom is 0.269 e. The highest BCUT2D eigenvalue weighted by Gasteiger charge is 2.29. The van der Waals surface area contributed by atoms with Crippen LogP contribution < -0.4 is 10.0 Å². The van der Waals surface area contributed by atoms with E-state index in [-0.39, 0.29) is 17.5 Å². The van der Waals surface area contributed by atoms with E-state index in [0.717, 1.165) is 22.0 Å². The summed E-state index contributed by atoms with van der Waals surface area (Å²) in [6, 6.07) is 20.0. The number of piperazine rings is 1. The Labute approximate surface area is 181 Å². The molecule has 0 aromatic heterocycles. The van der Waals surface area contributed by atoms with Gasteiger partial charge >= 0.3 is 0 Å². The SMILES string of the molecule is NS(=O)(=O)CC(c1cccc2ccccc12)N1CCN(c2ccc([N+](=O)[O-])cc2)CC1. The Morgan fingerprint density at radius 3 is 2.23 bits per heavy atom. The first-order chi connectivity index (χ1) is 14.8. The lowest BCUT2D eigenvalue weighted by atomic mass is 9.98. The van der Waals surface area contributed by atoms with Crippen molar-refractivity contribution >= 4 is 32.2 Å². The van der Waals surface area contributed by atoms with Gasteiger partial charge in [-0.2, -0.15) is 0 Å². The van der Waals surface area contributed by atoms with Gasteiger partial charge in [0.15, 0.2) is 0 Å². The topological polar surface area (TPSA) is 110 Å². The van der Waals surface area contributed by atoms with Crippen LogP contribution in [0.15, 0.2) is 66.7 Å². The molecule has 31 heavy (non-hydrogen) atoms. The average molecular weight is 441 g/mol. The second-order valence-corrected chi connectivity index (χ2v) is 9.37. The fraction of sp³-hybridized carbons (Fsp3) is 0.273. The van der Waals surface area contributed by atoms with E-state index in [1.54, 1.807) is 12.1 Å². The normalized spacial score (nSPS) is 16.4. The molecule has 1 saturated heterocycles. The summed E-state index contributed by atoms with van der Waals surface area (Å²) in [6.45, 7) is 2.67. The van der Waals surface area contributed by atoms with E-state index in [9.17, 15) is 18.5 Å². The van der Waals surface area contributed by atoms with Gasteiger partial charge < -0.3 is 4.90 Å². The van der Waals surface area contributed by atoms with Crippen molar-refractivity contribution in [2.45, 2.75) is 6.04 Å². The van der Waals surface area contributed by atoms with Crippen LogP contribution in [-0.4, -0.2) is 50.2 Å². The van der Waals surface area contributed by atoms with Crippen LogP contribution in [0, 0.1) is 10.1 Å². The molecule has 0 bridgehead atoms. The zero-order valence-corrected chi connectivity index (χ0v) is 17.7. The van der Waals surface area contributed by atoms with E-state index in [1.807, 2.05) is 42.5 Å². The Balaban J connectivity index is 1.57. The quantitative estimate of drug-likeness (QED) is 0.466. The number of primary sulfonamides is 1. The monoisotopic (exact) mass is 440 g/mol. The molecule has 1 aliphatic rings. The van der Waals surface area contributed by atoms with Gasteiger partial charge in [-0.25, -0.2) is 13.6 Å². The standard InChI is InChI=1S/C22H24N4O4S/c23-31(29,30)16-22(21-7-3-5-17-4-1-2-6-20(17)21)25-14-12-24(13-15-25)18-8-10-19(11-9-18)26(27)28/h1-11,22H,12-16H2,(H2,23,29,30). The number of nitrogens with two attached hydrogens (primary N) is 1. The minimum Gasteiger partial charge on any atom is -0.369 e. The van der Waals surface area contributed by atoms with Gasteiger partial charge in [0.05, 0.1) is 16.7 Å². The summed E-state index contributed by atoms with van der Waals surface area (Å²) in [7, 11) is -3.69. The zero-order valence-electron chi connectivity index (χ0n) is 16.9. The molecule has 162 valence electrons. The Hall–Kier alpha value is -3.01. The molecule has 0 radical (unpaired) electrons. The highest BCUT2D eigenvalue weighted by Crippen LogP contribution is 2.31. The minimum atomic E-state index is -3.69. The third-order valence-corrected chi connectivity index (χ3v) is 6.53. The van der Waals surface area contributed by atoms with Gasteiger partial charge in [0.25, 0.3) is 5.69 Å². The van der Waals surface area contributed by atoms with Crippen molar-refractivity contribution in [1.29, 1.82) is 0 Å². The second kappa shape index (κ2) is 8.62. The van der Waals surface area contributed by atoms with E-state index in [0.29, 0.717) is 26.2 Å². The smallest absolute Gasteiger partial charge is 0.269 e. The number of fused-ring (bicyclic) bond motifs is 1. The fourth-order valence-corrected chi connectivity index (χ4v) is 5.06. The predicted molar refractivity (Wildman–Crippen MR) is 122 cm³/mol. The molecule has 9 heteroatoms. The molecule has 1 fully saturated rings. The summed E-state index contributed by atoms with van der Waals surface area (Å²) in [5.74, 6) is -0.154. The van der Waals surface area contributed by atoms with E-state index >= 15 is 0 Å². The minimum absolute atomic E-state index is 0.0616. The predicted octanol–water partition coefficient (Wildman–Crippen LogP) is 2.90. The summed E-state index contributed by atoms with van der Waals surface area (Å²) < 4.78 is 24.1. The lowest BCUT2D eigenvalue weighted by molar-refractivity contribution is -0.384. The Morgan fingerprint density at radius 2 is 1.58 bits per heavy atom. The maximum atomic E-state index is 12.1. The van der Waals surface area contributed by atoms with Crippen molar-refractivity contribution in [3.05, 3.63) is 82.4 Å². The molecule has 2 N–H and O–H groups in total. The maximum absolute atomic E-state index is 12.1. The molecule has 1 heterocycles. The van der Waals surface area contributed by atoms with E-state index < -0.39 is 14.9 Å². The molecule has 8 nitrogen and oxygen atoms in total. The first-order valence-electron chi connectivity index (χ1n) is 10.0. The molecular weight excluding hydrogens is 416 g/mol. The molecular formula is C22H24N4O4S. The Morgan fingerprint density at radius 1 is 0.935 bits per heavy atom. The van der Waals surface area contributed by atoms with Crippen molar-refractivity contribution in [2.24, 2.45) is 5.14 Å². The van der Waals surface area contributed by atoms with Crippen molar-refractivity contribution in [3.8, 4) is 0 Å². The number of anilines is 1. The molecule has 0 amide bonds. The lowest BCUT2D eigenvalue weighted by Crippen LogP contribution is -2.49. The molecule has 1 unspecified atom stereocenters. The number of nitro groups is 1. The van der Waals surface area contributed by atoms with E-state index in [1.165, 1.54) is 12.1 Å². The number of rotatable bonds is 6. The van der Waals surface area contributed by atoms with Crippen LogP contribution in [0.2, 0.25) is 0 Å². The summed E-state index contributed by atoms with van der Waals surface area (Å²) in [5.41, 5.74) is 1.93. The third-order valence-electron chi connectivity index (χ3n) is 5.75. The molecule has 0 spiro atoms. The first-order valence-corrected chi connectivity index (χ1v) is 11.7. The molecule has 1 aliphatic heterocycles. The summed E-state index contributed by atoms with van der Waals surface area (Å²) in [5, 5.41) is 18.4. The van der Waals surface area contributed by atoms with Gasteiger partial charge in [0.2, 0.25) is 10.0 Å². The number of nitro benzene ring substituents is 1. The van der Waals surface area contributed by atoms with Gasteiger partial charge in [-0.1, -0.05) is 42.5 Å². The van der Waals surface area contributed by atoms with Crippen molar-refractivity contribution in [1.82, 2.24) is 4.90 Å². The first kappa shape index (κ1) is 21.2. The van der Waals surface area contributed by atoms with Crippen LogP contribution in [0.25, 0.3) is 10.8 Å². The van der Waals surface area contributed by atoms with Crippen molar-refractivity contribution in [2.75, 3.05) is 36.8 Å². The number of non-ortho nitro benzene ring substituents is 1. The molecule has 4 rings (SSSR count). The van der Waals surface area contributed by atoms with E-state index in [4.69, 9.17) is 5.14 Å². The highest BCUT2D eigenvalue weighted by atomic mass is 32.2. The molecule has 0 aliphatic carbocycles. The Bertz CT molecular complexity index is 1180. The molecule has 3 aromatic carbocycles. The van der Waals surface area contributed by atoms with E-state index in [2.05, 4.69) is 9.80 Å². The molecule has 3 aromatic rings. The highest BCUT2D eigenvalue weighted by molar-refractivity contribution is 7.89. The van der Waals surface area contributed by atoms with Gasteiger partial charge in [0, 0.05) is 44.0 Å². The fourth-order valence-electron chi connectivity index (χ4n) is 4.23. The zero-order chi connectivity index (χ0) is 22.0. The van der Waals surface area contributed by atoms with Crippen LogP contribution >= 0.6 is 0 Å². The third kappa shape index (κ3) is 4.84. The molecule has 1 atom stereocenters. The van der Waals surface area contributed by atoms with Crippen molar-refractivity contribution in [3.63, 3.8) is 0 Å². The average Bonchev–Trinajstić information content (AvgIpc) is 2.77. The summed E-state index contributed by atoms with van der Waals surface area (Å²) >= 11 is 0. The van der Waals surface area contributed by atoms with Gasteiger partial charge in [-0.3, -0.25) is 15.0 Å². The van der Waals surface area contributed by atoms with Crippen LogP contribution in [0.4, 0.5) is 11.4 Å². The second-order valence-electron chi connectivity index (χ2n) is 7.71. The van der Waals surface area contributed by atoms with Gasteiger partial charge in [-0.15, -0.1) is 0 Å². The largest absolute Gasteiger partial charge is 0.369 e. The number of hydrogen-bond acceptors (Lipinski definition) is 6. The molecule has 0 saturated carbocycles. The van der Waals surface area contributed by atoms with Gasteiger partial charge in [0.1, 0.15) is 0 Å². The lowest BCUT2D eigenvalue weighted by Gasteiger charge is -2.40. The van der Waals surface area contributed by atoms with Gasteiger partial charge in [-0.05, 0) is 28.5 Å². The van der Waals surface area contributed by atoms with Crippen LogP contribution in [0.3, 0.4) is 0 Å². The number of hydrogen-bond donors (Lipinski definition) is 1. The van der Waals surface area contributed by atoms with Crippen LogP contribution in [0.5, 0.6) is 0 Å². The van der Waals surface area contributed by atoms with Crippen molar-refractivity contribution < 1.29 is 13.3 Å². The number of nitrogens with zero attached hydrogens (tertiary/aromatic N) is 3.